The maximum atomic E-state index is 6.07. The molecule has 0 saturated heterocycles. The average molecular weight is 379 g/mol. The molecule has 0 aliphatic rings. The summed E-state index contributed by atoms with van der Waals surface area (Å²) in [7, 11) is 0. The topological polar surface area (TPSA) is 84.6 Å². The van der Waals surface area contributed by atoms with Gasteiger partial charge in [-0.3, -0.25) is 0 Å². The molecule has 0 fully saturated rings. The molecule has 0 saturated carbocycles. The zero-order valence-corrected chi connectivity index (χ0v) is 16.4. The van der Waals surface area contributed by atoms with Crippen LogP contribution >= 0.6 is 0 Å². The number of nitrogens with one attached hydrogen (secondary N) is 2. The number of hydrogen-bond acceptors (Lipinski definition) is 5. The number of ether oxygens (including phenoxy) is 1. The SMILES string of the molecule is CCNC(=NCc1ccc(C)cc1Oc1ccccc1)NCc1noc(C)n1. The van der Waals surface area contributed by atoms with Crippen LogP contribution in [0.3, 0.4) is 0 Å². The summed E-state index contributed by atoms with van der Waals surface area (Å²) in [5.41, 5.74) is 2.14. The highest BCUT2D eigenvalue weighted by Gasteiger charge is 2.07. The van der Waals surface area contributed by atoms with E-state index in [1.165, 1.54) is 0 Å². The molecular weight excluding hydrogens is 354 g/mol. The fourth-order valence-electron chi connectivity index (χ4n) is 2.58. The van der Waals surface area contributed by atoms with Gasteiger partial charge in [-0.1, -0.05) is 35.5 Å². The van der Waals surface area contributed by atoms with E-state index in [2.05, 4.69) is 31.8 Å². The smallest absolute Gasteiger partial charge is 0.223 e. The van der Waals surface area contributed by atoms with E-state index < -0.39 is 0 Å². The molecule has 0 bridgehead atoms. The van der Waals surface area contributed by atoms with Crippen molar-refractivity contribution in [2.75, 3.05) is 6.54 Å². The van der Waals surface area contributed by atoms with Crippen molar-refractivity contribution in [3.8, 4) is 11.5 Å². The standard InChI is InChI=1S/C21H25N5O2/c1-4-22-21(24-14-20-25-16(3)28-26-20)23-13-17-11-10-15(2)12-19(17)27-18-8-6-5-7-9-18/h5-12H,4,13-14H2,1-3H3,(H2,22,23,24). The average Bonchev–Trinajstić information content (AvgIpc) is 3.11. The minimum absolute atomic E-state index is 0.435. The van der Waals surface area contributed by atoms with E-state index in [0.717, 1.165) is 29.2 Å². The van der Waals surface area contributed by atoms with Gasteiger partial charge in [-0.05, 0) is 37.6 Å². The normalized spacial score (nSPS) is 11.3. The molecule has 0 aliphatic heterocycles. The zero-order chi connectivity index (χ0) is 19.8. The molecule has 7 nitrogen and oxygen atoms in total. The minimum Gasteiger partial charge on any atom is -0.457 e. The van der Waals surface area contributed by atoms with Crippen LogP contribution in [0.25, 0.3) is 0 Å². The van der Waals surface area contributed by atoms with Gasteiger partial charge >= 0.3 is 0 Å². The molecular formula is C21H25N5O2. The van der Waals surface area contributed by atoms with Gasteiger partial charge in [0.05, 0.1) is 13.1 Å². The number of rotatable bonds is 7. The van der Waals surface area contributed by atoms with E-state index >= 15 is 0 Å². The Morgan fingerprint density at radius 2 is 1.93 bits per heavy atom. The Bertz CT molecular complexity index is 922. The molecule has 3 aromatic rings. The van der Waals surface area contributed by atoms with Gasteiger partial charge in [-0.15, -0.1) is 0 Å². The van der Waals surface area contributed by atoms with Crippen LogP contribution in [0.2, 0.25) is 0 Å². The van der Waals surface area contributed by atoms with Crippen molar-refractivity contribution in [3.05, 3.63) is 71.4 Å². The Labute approximate surface area is 164 Å². The van der Waals surface area contributed by atoms with Crippen molar-refractivity contribution in [1.82, 2.24) is 20.8 Å². The number of guanidine groups is 1. The lowest BCUT2D eigenvalue weighted by atomic mass is 10.1. The molecule has 2 N–H and O–H groups in total. The van der Waals surface area contributed by atoms with E-state index in [9.17, 15) is 0 Å². The predicted octanol–water partition coefficient (Wildman–Crippen LogP) is 3.73. The molecule has 0 spiro atoms. The number of aryl methyl sites for hydroxylation is 2. The molecule has 0 amide bonds. The summed E-state index contributed by atoms with van der Waals surface area (Å²) in [6.45, 7) is 7.49. The van der Waals surface area contributed by atoms with E-state index in [0.29, 0.717) is 30.8 Å². The Balaban J connectivity index is 1.72. The Kier molecular flexibility index (Phi) is 6.62. The van der Waals surface area contributed by atoms with E-state index in [-0.39, 0.29) is 0 Å². The largest absolute Gasteiger partial charge is 0.457 e. The van der Waals surface area contributed by atoms with Crippen molar-refractivity contribution >= 4 is 5.96 Å². The summed E-state index contributed by atoms with van der Waals surface area (Å²) in [6, 6.07) is 15.9. The Morgan fingerprint density at radius 1 is 1.11 bits per heavy atom. The number of nitrogens with zero attached hydrogens (tertiary/aromatic N) is 3. The van der Waals surface area contributed by atoms with Crippen LogP contribution in [0.1, 0.15) is 29.8 Å². The van der Waals surface area contributed by atoms with Gasteiger partial charge in [0.2, 0.25) is 5.89 Å². The van der Waals surface area contributed by atoms with Crippen molar-refractivity contribution in [2.24, 2.45) is 4.99 Å². The van der Waals surface area contributed by atoms with Crippen LogP contribution in [0, 0.1) is 13.8 Å². The van der Waals surface area contributed by atoms with Gasteiger partial charge in [-0.2, -0.15) is 4.98 Å². The fourth-order valence-corrected chi connectivity index (χ4v) is 2.58. The lowest BCUT2D eigenvalue weighted by Gasteiger charge is -2.13. The molecule has 2 aromatic carbocycles. The predicted molar refractivity (Wildman–Crippen MR) is 108 cm³/mol. The second-order valence-electron chi connectivity index (χ2n) is 6.30. The molecule has 0 unspecified atom stereocenters. The second kappa shape index (κ2) is 9.55. The molecule has 146 valence electrons. The Hall–Kier alpha value is -3.35. The number of hydrogen-bond donors (Lipinski definition) is 2. The molecule has 3 rings (SSSR count). The summed E-state index contributed by atoms with van der Waals surface area (Å²) in [5.74, 6) is 3.42. The summed E-state index contributed by atoms with van der Waals surface area (Å²) in [4.78, 5) is 8.85. The van der Waals surface area contributed by atoms with Gasteiger partial charge in [0.1, 0.15) is 11.5 Å². The maximum absolute atomic E-state index is 6.07. The van der Waals surface area contributed by atoms with Crippen LogP contribution in [0.5, 0.6) is 11.5 Å². The van der Waals surface area contributed by atoms with E-state index in [4.69, 9.17) is 9.26 Å². The van der Waals surface area contributed by atoms with Crippen molar-refractivity contribution in [1.29, 1.82) is 0 Å². The summed E-state index contributed by atoms with van der Waals surface area (Å²) in [5, 5.41) is 10.3. The monoisotopic (exact) mass is 379 g/mol. The molecule has 7 heteroatoms. The third kappa shape index (κ3) is 5.57. The first-order valence-electron chi connectivity index (χ1n) is 9.28. The lowest BCUT2D eigenvalue weighted by molar-refractivity contribution is 0.387. The first-order valence-corrected chi connectivity index (χ1v) is 9.28. The summed E-state index contributed by atoms with van der Waals surface area (Å²) in [6.07, 6.45) is 0. The molecule has 1 heterocycles. The quantitative estimate of drug-likeness (QED) is 0.481. The first kappa shape index (κ1) is 19.4. The highest BCUT2D eigenvalue weighted by Crippen LogP contribution is 2.27. The van der Waals surface area contributed by atoms with E-state index in [1.54, 1.807) is 6.92 Å². The molecule has 0 aliphatic carbocycles. The van der Waals surface area contributed by atoms with Crippen LogP contribution < -0.4 is 15.4 Å². The summed E-state index contributed by atoms with van der Waals surface area (Å²) < 4.78 is 11.1. The third-order valence-corrected chi connectivity index (χ3v) is 3.93. The van der Waals surface area contributed by atoms with Crippen molar-refractivity contribution < 1.29 is 9.26 Å². The highest BCUT2D eigenvalue weighted by atomic mass is 16.5. The van der Waals surface area contributed by atoms with Crippen LogP contribution in [0.4, 0.5) is 0 Å². The highest BCUT2D eigenvalue weighted by molar-refractivity contribution is 5.79. The van der Waals surface area contributed by atoms with Gasteiger partial charge in [0.15, 0.2) is 11.8 Å². The maximum Gasteiger partial charge on any atom is 0.223 e. The van der Waals surface area contributed by atoms with Crippen LogP contribution in [-0.4, -0.2) is 22.6 Å². The van der Waals surface area contributed by atoms with Gasteiger partial charge < -0.3 is 19.9 Å². The first-order chi connectivity index (χ1) is 13.6. The lowest BCUT2D eigenvalue weighted by Crippen LogP contribution is -2.37. The molecule has 28 heavy (non-hydrogen) atoms. The van der Waals surface area contributed by atoms with Crippen molar-refractivity contribution in [3.63, 3.8) is 0 Å². The number of benzene rings is 2. The Morgan fingerprint density at radius 3 is 2.64 bits per heavy atom. The van der Waals surface area contributed by atoms with Gasteiger partial charge in [-0.25, -0.2) is 4.99 Å². The second-order valence-corrected chi connectivity index (χ2v) is 6.30. The van der Waals surface area contributed by atoms with Gasteiger partial charge in [0, 0.05) is 19.0 Å². The van der Waals surface area contributed by atoms with Crippen molar-refractivity contribution in [2.45, 2.75) is 33.9 Å². The third-order valence-electron chi connectivity index (χ3n) is 3.93. The molecule has 1 aromatic heterocycles. The van der Waals surface area contributed by atoms with Gasteiger partial charge in [0.25, 0.3) is 0 Å². The number of aliphatic imine (C=N–C) groups is 1. The summed E-state index contributed by atoms with van der Waals surface area (Å²) >= 11 is 0. The molecule has 0 radical (unpaired) electrons. The molecule has 0 atom stereocenters. The number of para-hydroxylation sites is 1. The minimum atomic E-state index is 0.435. The van der Waals surface area contributed by atoms with Crippen LogP contribution in [-0.2, 0) is 13.1 Å². The fraction of sp³-hybridized carbons (Fsp3) is 0.286. The number of aromatic nitrogens is 2. The zero-order valence-electron chi connectivity index (χ0n) is 16.4. The van der Waals surface area contributed by atoms with Crippen LogP contribution in [0.15, 0.2) is 58.0 Å². The van der Waals surface area contributed by atoms with E-state index in [1.807, 2.05) is 56.3 Å².